The summed E-state index contributed by atoms with van der Waals surface area (Å²) in [4.78, 5) is 17.7. The molecule has 24 heavy (non-hydrogen) atoms. The van der Waals surface area contributed by atoms with Crippen LogP contribution in [0.5, 0.6) is 0 Å². The molecule has 0 radical (unpaired) electrons. The molecule has 3 aliphatic carbocycles. The fraction of sp³-hybridized carbons (Fsp3) is 0.950. The first-order chi connectivity index (χ1) is 11.8. The summed E-state index contributed by atoms with van der Waals surface area (Å²) in [5.41, 5.74) is 0. The van der Waals surface area contributed by atoms with E-state index in [9.17, 15) is 4.79 Å². The van der Waals surface area contributed by atoms with Crippen molar-refractivity contribution in [2.24, 2.45) is 5.92 Å². The molecule has 0 bridgehead atoms. The first-order valence-corrected chi connectivity index (χ1v) is 10.6. The molecule has 4 aliphatic rings. The Morgan fingerprint density at radius 1 is 0.917 bits per heavy atom. The van der Waals surface area contributed by atoms with Gasteiger partial charge in [-0.05, 0) is 57.3 Å². The van der Waals surface area contributed by atoms with E-state index in [1.54, 1.807) is 0 Å². The molecule has 4 nitrogen and oxygen atoms in total. The third-order valence-corrected chi connectivity index (χ3v) is 6.59. The number of hydrogen-bond donors (Lipinski definition) is 1. The fourth-order valence-corrected chi connectivity index (χ4v) is 4.79. The van der Waals surface area contributed by atoms with Gasteiger partial charge in [-0.15, -0.1) is 0 Å². The summed E-state index contributed by atoms with van der Waals surface area (Å²) in [5, 5.41) is 3.34. The number of likely N-dealkylation sites (tertiary alicyclic amines) is 1. The molecule has 3 saturated carbocycles. The van der Waals surface area contributed by atoms with Crippen LogP contribution in [-0.4, -0.2) is 60.0 Å². The molecule has 1 aliphatic heterocycles. The van der Waals surface area contributed by atoms with Gasteiger partial charge in [-0.3, -0.25) is 9.69 Å². The number of amides is 1. The first kappa shape index (κ1) is 16.8. The molecule has 1 heterocycles. The average molecular weight is 334 g/mol. The molecule has 0 aromatic carbocycles. The van der Waals surface area contributed by atoms with Crippen LogP contribution < -0.4 is 5.32 Å². The van der Waals surface area contributed by atoms with E-state index in [1.165, 1.54) is 70.9 Å². The van der Waals surface area contributed by atoms with E-state index in [-0.39, 0.29) is 5.91 Å². The Balaban J connectivity index is 1.20. The average Bonchev–Trinajstić information content (AvgIpc) is 3.49. The third-order valence-electron chi connectivity index (χ3n) is 6.59. The Kier molecular flexibility index (Phi) is 5.43. The molecule has 1 N–H and O–H groups in total. The Hall–Kier alpha value is -0.610. The van der Waals surface area contributed by atoms with Gasteiger partial charge in [0.15, 0.2) is 0 Å². The van der Waals surface area contributed by atoms with E-state index in [0.717, 1.165) is 31.3 Å². The van der Waals surface area contributed by atoms with E-state index in [0.29, 0.717) is 18.6 Å². The number of hydrogen-bond acceptors (Lipinski definition) is 3. The molecule has 1 saturated heterocycles. The third kappa shape index (κ3) is 4.72. The summed E-state index contributed by atoms with van der Waals surface area (Å²) >= 11 is 0. The lowest BCUT2D eigenvalue weighted by molar-refractivity contribution is -0.123. The van der Waals surface area contributed by atoms with E-state index in [1.807, 2.05) is 0 Å². The molecule has 1 amide bonds. The summed E-state index contributed by atoms with van der Waals surface area (Å²) in [6.07, 6.45) is 14.7. The molecule has 4 fully saturated rings. The van der Waals surface area contributed by atoms with E-state index < -0.39 is 0 Å². The smallest absolute Gasteiger partial charge is 0.234 e. The minimum Gasteiger partial charge on any atom is -0.352 e. The lowest BCUT2D eigenvalue weighted by Gasteiger charge is -2.33. The number of rotatable bonds is 7. The zero-order valence-electron chi connectivity index (χ0n) is 15.2. The van der Waals surface area contributed by atoms with Crippen molar-refractivity contribution in [1.82, 2.24) is 15.1 Å². The highest BCUT2D eigenvalue weighted by molar-refractivity contribution is 5.78. The van der Waals surface area contributed by atoms with E-state index >= 15 is 0 Å². The summed E-state index contributed by atoms with van der Waals surface area (Å²) in [7, 11) is 0. The van der Waals surface area contributed by atoms with Gasteiger partial charge in [-0.2, -0.15) is 0 Å². The van der Waals surface area contributed by atoms with Crippen LogP contribution in [0.1, 0.15) is 70.6 Å². The molecular weight excluding hydrogens is 298 g/mol. The molecular formula is C20H35N3O. The highest BCUT2D eigenvalue weighted by atomic mass is 16.2. The standard InChI is InChI=1S/C20H35N3O/c24-20(21-17-10-12-22(13-11-17)18-6-7-18)15-23(19-8-9-19)14-16-4-2-1-3-5-16/h16-19H,1-15H2,(H,21,24). The Labute approximate surface area is 147 Å². The van der Waals surface area contributed by atoms with Crippen molar-refractivity contribution in [3.05, 3.63) is 0 Å². The van der Waals surface area contributed by atoms with Gasteiger partial charge in [0.1, 0.15) is 0 Å². The normalized spacial score (nSPS) is 27.5. The summed E-state index contributed by atoms with van der Waals surface area (Å²) in [5.74, 6) is 1.12. The number of piperidine rings is 1. The SMILES string of the molecule is O=C(CN(CC1CCCCC1)C1CC1)NC1CCN(C2CC2)CC1. The fourth-order valence-electron chi connectivity index (χ4n) is 4.79. The van der Waals surface area contributed by atoms with E-state index in [2.05, 4.69) is 15.1 Å². The second kappa shape index (κ2) is 7.74. The first-order valence-electron chi connectivity index (χ1n) is 10.6. The minimum absolute atomic E-state index is 0.280. The largest absolute Gasteiger partial charge is 0.352 e. The Bertz CT molecular complexity index is 419. The van der Waals surface area contributed by atoms with Crippen LogP contribution in [0.3, 0.4) is 0 Å². The van der Waals surface area contributed by atoms with Gasteiger partial charge in [0, 0.05) is 37.8 Å². The predicted molar refractivity (Wildman–Crippen MR) is 96.9 cm³/mol. The Morgan fingerprint density at radius 3 is 2.25 bits per heavy atom. The minimum atomic E-state index is 0.280. The predicted octanol–water partition coefficient (Wildman–Crippen LogP) is 2.77. The van der Waals surface area contributed by atoms with Gasteiger partial charge >= 0.3 is 0 Å². The van der Waals surface area contributed by atoms with Crippen LogP contribution in [-0.2, 0) is 4.79 Å². The van der Waals surface area contributed by atoms with Crippen molar-refractivity contribution in [3.8, 4) is 0 Å². The molecule has 136 valence electrons. The van der Waals surface area contributed by atoms with Crippen molar-refractivity contribution < 1.29 is 4.79 Å². The molecule has 4 rings (SSSR count). The van der Waals surface area contributed by atoms with Gasteiger partial charge in [0.25, 0.3) is 0 Å². The molecule has 0 aromatic rings. The van der Waals surface area contributed by atoms with Crippen LogP contribution in [0, 0.1) is 5.92 Å². The molecule has 0 spiro atoms. The molecule has 0 aromatic heterocycles. The van der Waals surface area contributed by atoms with Crippen molar-refractivity contribution in [1.29, 1.82) is 0 Å². The van der Waals surface area contributed by atoms with Crippen LogP contribution in [0.15, 0.2) is 0 Å². The summed E-state index contributed by atoms with van der Waals surface area (Å²) in [6, 6.07) is 2.00. The second-order valence-corrected chi connectivity index (χ2v) is 8.77. The van der Waals surface area contributed by atoms with Crippen molar-refractivity contribution in [2.45, 2.75) is 88.8 Å². The number of nitrogens with zero attached hydrogens (tertiary/aromatic N) is 2. The molecule has 4 heteroatoms. The highest BCUT2D eigenvalue weighted by Crippen LogP contribution is 2.31. The van der Waals surface area contributed by atoms with Gasteiger partial charge < -0.3 is 10.2 Å². The summed E-state index contributed by atoms with van der Waals surface area (Å²) < 4.78 is 0. The zero-order valence-corrected chi connectivity index (χ0v) is 15.2. The number of carbonyl (C=O) groups excluding carboxylic acids is 1. The van der Waals surface area contributed by atoms with Gasteiger partial charge in [-0.1, -0.05) is 19.3 Å². The number of nitrogens with one attached hydrogen (secondary N) is 1. The quantitative estimate of drug-likeness (QED) is 0.778. The maximum atomic E-state index is 12.6. The maximum Gasteiger partial charge on any atom is 0.234 e. The second-order valence-electron chi connectivity index (χ2n) is 8.77. The van der Waals surface area contributed by atoms with E-state index in [4.69, 9.17) is 0 Å². The van der Waals surface area contributed by atoms with Crippen molar-refractivity contribution in [2.75, 3.05) is 26.2 Å². The van der Waals surface area contributed by atoms with Crippen molar-refractivity contribution >= 4 is 5.91 Å². The molecule has 0 unspecified atom stereocenters. The molecule has 0 atom stereocenters. The van der Waals surface area contributed by atoms with Crippen LogP contribution in [0.4, 0.5) is 0 Å². The van der Waals surface area contributed by atoms with Crippen LogP contribution in [0.2, 0.25) is 0 Å². The Morgan fingerprint density at radius 2 is 1.62 bits per heavy atom. The lowest BCUT2D eigenvalue weighted by Crippen LogP contribution is -2.48. The topological polar surface area (TPSA) is 35.6 Å². The monoisotopic (exact) mass is 333 g/mol. The van der Waals surface area contributed by atoms with Crippen LogP contribution in [0.25, 0.3) is 0 Å². The maximum absolute atomic E-state index is 12.6. The summed E-state index contributed by atoms with van der Waals surface area (Å²) in [6.45, 7) is 4.18. The van der Waals surface area contributed by atoms with Crippen LogP contribution >= 0.6 is 0 Å². The van der Waals surface area contributed by atoms with Gasteiger partial charge in [0.05, 0.1) is 6.54 Å². The lowest BCUT2D eigenvalue weighted by atomic mass is 9.89. The highest BCUT2D eigenvalue weighted by Gasteiger charge is 2.34. The van der Waals surface area contributed by atoms with Crippen molar-refractivity contribution in [3.63, 3.8) is 0 Å². The number of carbonyl (C=O) groups is 1. The van der Waals surface area contributed by atoms with Gasteiger partial charge in [0.2, 0.25) is 5.91 Å². The zero-order chi connectivity index (χ0) is 16.4. The van der Waals surface area contributed by atoms with Gasteiger partial charge in [-0.25, -0.2) is 0 Å².